The molecule has 1 saturated heterocycles. The van der Waals surface area contributed by atoms with Crippen molar-refractivity contribution in [2.45, 2.75) is 37.9 Å². The molecule has 1 aliphatic rings. The Bertz CT molecular complexity index is 632. The highest BCUT2D eigenvalue weighted by atomic mass is 32.2. The molecule has 9 heteroatoms. The number of nitrogens with zero attached hydrogens (tertiary/aromatic N) is 2. The zero-order valence-corrected chi connectivity index (χ0v) is 13.6. The van der Waals surface area contributed by atoms with Crippen LogP contribution in [0.4, 0.5) is 23.7 Å². The normalized spacial score (nSPS) is 22.0. The van der Waals surface area contributed by atoms with E-state index in [-0.39, 0.29) is 17.0 Å². The molecule has 1 N–H and O–H groups in total. The molecule has 1 fully saturated rings. The van der Waals surface area contributed by atoms with Crippen LogP contribution < -0.4 is 10.9 Å². The molecule has 0 aliphatic carbocycles. The van der Waals surface area contributed by atoms with Crippen LogP contribution in [0.15, 0.2) is 23.1 Å². The first-order valence-corrected chi connectivity index (χ1v) is 8.19. The SMILES string of the molecule is C[C@@H]1SCCN(C(=O)Nc2cccn(CC(F)(F)F)c2=O)[C@@H]1C. The Labute approximate surface area is 135 Å². The third-order valence-corrected chi connectivity index (χ3v) is 5.09. The van der Waals surface area contributed by atoms with Gasteiger partial charge in [-0.3, -0.25) is 4.79 Å². The van der Waals surface area contributed by atoms with Crippen LogP contribution in [0.1, 0.15) is 13.8 Å². The molecule has 0 radical (unpaired) electrons. The summed E-state index contributed by atoms with van der Waals surface area (Å²) in [4.78, 5) is 25.9. The third kappa shape index (κ3) is 4.43. The maximum absolute atomic E-state index is 12.4. The average molecular weight is 349 g/mol. The van der Waals surface area contributed by atoms with Crippen LogP contribution in [-0.2, 0) is 6.54 Å². The van der Waals surface area contributed by atoms with E-state index in [1.54, 1.807) is 16.7 Å². The van der Waals surface area contributed by atoms with Crippen LogP contribution in [0.3, 0.4) is 0 Å². The summed E-state index contributed by atoms with van der Waals surface area (Å²) in [6.07, 6.45) is -3.45. The lowest BCUT2D eigenvalue weighted by Gasteiger charge is -2.37. The fourth-order valence-corrected chi connectivity index (χ4v) is 3.46. The number of hydrogen-bond acceptors (Lipinski definition) is 3. The number of urea groups is 1. The maximum Gasteiger partial charge on any atom is 0.406 e. The summed E-state index contributed by atoms with van der Waals surface area (Å²) in [5.74, 6) is 0.784. The zero-order chi connectivity index (χ0) is 17.2. The first kappa shape index (κ1) is 17.7. The second-order valence-corrected chi connectivity index (χ2v) is 6.90. The fraction of sp³-hybridized carbons (Fsp3) is 0.571. The van der Waals surface area contributed by atoms with Gasteiger partial charge in [0.05, 0.1) is 0 Å². The number of rotatable bonds is 2. The minimum atomic E-state index is -4.50. The molecular formula is C14H18F3N3O2S. The van der Waals surface area contributed by atoms with Crippen LogP contribution in [0.25, 0.3) is 0 Å². The van der Waals surface area contributed by atoms with Gasteiger partial charge in [-0.1, -0.05) is 6.92 Å². The van der Waals surface area contributed by atoms with E-state index in [1.165, 1.54) is 12.1 Å². The number of nitrogens with one attached hydrogen (secondary N) is 1. The largest absolute Gasteiger partial charge is 0.406 e. The topological polar surface area (TPSA) is 54.3 Å². The Balaban J connectivity index is 2.15. The molecule has 2 amide bonds. The van der Waals surface area contributed by atoms with E-state index in [9.17, 15) is 22.8 Å². The highest BCUT2D eigenvalue weighted by molar-refractivity contribution is 8.00. The lowest BCUT2D eigenvalue weighted by molar-refractivity contribution is -0.141. The van der Waals surface area contributed by atoms with E-state index in [1.807, 2.05) is 13.8 Å². The minimum absolute atomic E-state index is 0.0186. The van der Waals surface area contributed by atoms with Crippen molar-refractivity contribution in [3.05, 3.63) is 28.7 Å². The molecule has 5 nitrogen and oxygen atoms in total. The van der Waals surface area contributed by atoms with Gasteiger partial charge in [-0.05, 0) is 19.1 Å². The summed E-state index contributed by atoms with van der Waals surface area (Å²) < 4.78 is 37.9. The summed E-state index contributed by atoms with van der Waals surface area (Å²) in [6, 6.07) is 2.13. The standard InChI is InChI=1S/C14H18F3N3O2S/c1-9-10(2)23-7-6-20(9)13(22)18-11-4-3-5-19(12(11)21)8-14(15,16)17/h3-5,9-10H,6-8H2,1-2H3,(H,18,22)/t9-,10+/m1/s1. The first-order valence-electron chi connectivity index (χ1n) is 7.14. The van der Waals surface area contributed by atoms with Crippen molar-refractivity contribution in [2.24, 2.45) is 0 Å². The molecule has 2 heterocycles. The van der Waals surface area contributed by atoms with E-state index in [0.29, 0.717) is 11.1 Å². The van der Waals surface area contributed by atoms with Crippen molar-refractivity contribution >= 4 is 23.5 Å². The Morgan fingerprint density at radius 1 is 1.43 bits per heavy atom. The van der Waals surface area contributed by atoms with Gasteiger partial charge in [-0.2, -0.15) is 24.9 Å². The van der Waals surface area contributed by atoms with Crippen molar-refractivity contribution in [1.29, 1.82) is 0 Å². The van der Waals surface area contributed by atoms with Gasteiger partial charge in [-0.25, -0.2) is 4.79 Å². The number of thioether (sulfide) groups is 1. The molecule has 1 aromatic rings. The molecule has 0 bridgehead atoms. The quantitative estimate of drug-likeness (QED) is 0.893. The van der Waals surface area contributed by atoms with Gasteiger partial charge in [0.25, 0.3) is 5.56 Å². The summed E-state index contributed by atoms with van der Waals surface area (Å²) in [7, 11) is 0. The lowest BCUT2D eigenvalue weighted by atomic mass is 10.2. The molecule has 1 aliphatic heterocycles. The third-order valence-electron chi connectivity index (χ3n) is 3.76. The lowest BCUT2D eigenvalue weighted by Crippen LogP contribution is -2.50. The molecule has 2 atom stereocenters. The predicted octanol–water partition coefficient (Wildman–Crippen LogP) is 2.77. The van der Waals surface area contributed by atoms with Gasteiger partial charge in [0, 0.05) is 29.8 Å². The predicted molar refractivity (Wildman–Crippen MR) is 83.9 cm³/mol. The molecule has 0 unspecified atom stereocenters. The molecular weight excluding hydrogens is 331 g/mol. The second kappa shape index (κ2) is 6.86. The van der Waals surface area contributed by atoms with E-state index in [2.05, 4.69) is 5.32 Å². The molecule has 1 aromatic heterocycles. The molecule has 0 saturated carbocycles. The maximum atomic E-state index is 12.4. The van der Waals surface area contributed by atoms with Crippen molar-refractivity contribution in [2.75, 3.05) is 17.6 Å². The molecule has 128 valence electrons. The van der Waals surface area contributed by atoms with Gasteiger partial charge in [0.15, 0.2) is 0 Å². The Morgan fingerprint density at radius 2 is 2.13 bits per heavy atom. The smallest absolute Gasteiger partial charge is 0.320 e. The number of hydrogen-bond donors (Lipinski definition) is 1. The molecule has 2 rings (SSSR count). The van der Waals surface area contributed by atoms with Crippen LogP contribution in [0.2, 0.25) is 0 Å². The van der Waals surface area contributed by atoms with Crippen LogP contribution in [0.5, 0.6) is 0 Å². The summed E-state index contributed by atoms with van der Waals surface area (Å²) in [5.41, 5.74) is -1.02. The average Bonchev–Trinajstić information content (AvgIpc) is 2.44. The Morgan fingerprint density at radius 3 is 2.78 bits per heavy atom. The first-order chi connectivity index (χ1) is 10.7. The van der Waals surface area contributed by atoms with E-state index >= 15 is 0 Å². The number of amides is 2. The summed E-state index contributed by atoms with van der Waals surface area (Å²) in [6.45, 7) is 3.06. The number of carbonyl (C=O) groups excluding carboxylic acids is 1. The molecule has 23 heavy (non-hydrogen) atoms. The van der Waals surface area contributed by atoms with Crippen LogP contribution >= 0.6 is 11.8 Å². The van der Waals surface area contributed by atoms with E-state index in [0.717, 1.165) is 11.9 Å². The van der Waals surface area contributed by atoms with Gasteiger partial charge < -0.3 is 14.8 Å². The second-order valence-electron chi connectivity index (χ2n) is 5.41. The molecule has 0 aromatic carbocycles. The van der Waals surface area contributed by atoms with Gasteiger partial charge in [-0.15, -0.1) is 0 Å². The number of pyridine rings is 1. The Hall–Kier alpha value is -1.64. The van der Waals surface area contributed by atoms with E-state index in [4.69, 9.17) is 0 Å². The summed E-state index contributed by atoms with van der Waals surface area (Å²) >= 11 is 1.75. The van der Waals surface area contributed by atoms with Gasteiger partial charge in [0.2, 0.25) is 0 Å². The minimum Gasteiger partial charge on any atom is -0.320 e. The van der Waals surface area contributed by atoms with Gasteiger partial charge in [0.1, 0.15) is 12.2 Å². The van der Waals surface area contributed by atoms with Crippen LogP contribution in [0, 0.1) is 0 Å². The van der Waals surface area contributed by atoms with Gasteiger partial charge >= 0.3 is 12.2 Å². The van der Waals surface area contributed by atoms with Crippen molar-refractivity contribution < 1.29 is 18.0 Å². The fourth-order valence-electron chi connectivity index (χ4n) is 2.36. The summed E-state index contributed by atoms with van der Waals surface area (Å²) in [5, 5.41) is 2.69. The van der Waals surface area contributed by atoms with Crippen LogP contribution in [-0.4, -0.2) is 45.3 Å². The number of halogens is 3. The van der Waals surface area contributed by atoms with Crippen molar-refractivity contribution in [1.82, 2.24) is 9.47 Å². The number of aromatic nitrogens is 1. The number of alkyl halides is 3. The van der Waals surface area contributed by atoms with Crippen molar-refractivity contribution in [3.8, 4) is 0 Å². The van der Waals surface area contributed by atoms with E-state index < -0.39 is 24.3 Å². The number of carbonyl (C=O) groups is 1. The highest BCUT2D eigenvalue weighted by Crippen LogP contribution is 2.24. The Kier molecular flexibility index (Phi) is 5.28. The highest BCUT2D eigenvalue weighted by Gasteiger charge is 2.30. The molecule has 0 spiro atoms. The monoisotopic (exact) mass is 349 g/mol. The zero-order valence-electron chi connectivity index (χ0n) is 12.8. The van der Waals surface area contributed by atoms with Crippen molar-refractivity contribution in [3.63, 3.8) is 0 Å². The number of anilines is 1.